The van der Waals surface area contributed by atoms with Crippen molar-refractivity contribution in [3.8, 4) is 16.9 Å². The molecule has 0 fully saturated rings. The largest absolute Gasteiger partial charge is 0.493 e. The van der Waals surface area contributed by atoms with Crippen LogP contribution in [-0.4, -0.2) is 18.6 Å². The van der Waals surface area contributed by atoms with Crippen LogP contribution in [0.2, 0.25) is 0 Å². The Morgan fingerprint density at radius 1 is 1.12 bits per heavy atom. The normalized spacial score (nSPS) is 12.8. The van der Waals surface area contributed by atoms with Gasteiger partial charge < -0.3 is 14.5 Å². The highest BCUT2D eigenvalue weighted by Gasteiger charge is 2.19. The molecule has 0 bridgehead atoms. The van der Waals surface area contributed by atoms with E-state index in [-0.39, 0.29) is 11.9 Å². The van der Waals surface area contributed by atoms with Crippen LogP contribution in [0, 0.1) is 6.92 Å². The lowest BCUT2D eigenvalue weighted by atomic mass is 9.95. The average molecular weight is 442 g/mol. The number of furan rings is 1. The number of hydrogen-bond acceptors (Lipinski definition) is 3. The van der Waals surface area contributed by atoms with Crippen LogP contribution >= 0.6 is 0 Å². The molecule has 4 heteroatoms. The van der Waals surface area contributed by atoms with Crippen LogP contribution < -0.4 is 10.1 Å². The molecule has 0 spiro atoms. The molecular formula is C29H31NO3. The summed E-state index contributed by atoms with van der Waals surface area (Å²) in [7, 11) is 0. The zero-order valence-electron chi connectivity index (χ0n) is 20.0. The van der Waals surface area contributed by atoms with Gasteiger partial charge in [0, 0.05) is 34.2 Å². The number of fused-ring (bicyclic) bond motifs is 2. The Morgan fingerprint density at radius 3 is 2.61 bits per heavy atom. The van der Waals surface area contributed by atoms with Gasteiger partial charge in [-0.25, -0.2) is 0 Å². The van der Waals surface area contributed by atoms with Crippen molar-refractivity contribution in [1.29, 1.82) is 0 Å². The molecule has 0 aliphatic carbocycles. The molecule has 1 aromatic heterocycles. The van der Waals surface area contributed by atoms with Crippen LogP contribution in [0.1, 0.15) is 45.2 Å². The van der Waals surface area contributed by atoms with Crippen LogP contribution in [0.4, 0.5) is 0 Å². The predicted molar refractivity (Wildman–Crippen MR) is 137 cm³/mol. The lowest BCUT2D eigenvalue weighted by Crippen LogP contribution is -2.30. The fourth-order valence-electron chi connectivity index (χ4n) is 4.18. The topological polar surface area (TPSA) is 51.5 Å². The van der Waals surface area contributed by atoms with Gasteiger partial charge in [0.25, 0.3) is 0 Å². The summed E-state index contributed by atoms with van der Waals surface area (Å²) in [5.41, 5.74) is 5.63. The summed E-state index contributed by atoms with van der Waals surface area (Å²) in [6, 6.07) is 17.0. The van der Waals surface area contributed by atoms with Gasteiger partial charge in [-0.3, -0.25) is 4.79 Å². The van der Waals surface area contributed by atoms with E-state index in [4.69, 9.17) is 9.15 Å². The first-order chi connectivity index (χ1) is 15.9. The standard InChI is InChI=1S/C29H31NO3/c1-6-19(4)30-27(31)14-18(3)24-16-25-26(17-33-29(25)20(5)28(24)32-7-2)23-13-12-21-10-8-9-11-22(21)15-23/h8-17,19H,6-7H2,1-5H3,(H,30,31)/b18-14+. The maximum absolute atomic E-state index is 12.5. The van der Waals surface area contributed by atoms with Crippen LogP contribution in [0.3, 0.4) is 0 Å². The summed E-state index contributed by atoms with van der Waals surface area (Å²) in [5.74, 6) is 0.665. The van der Waals surface area contributed by atoms with Gasteiger partial charge in [-0.1, -0.05) is 43.3 Å². The first-order valence-electron chi connectivity index (χ1n) is 11.6. The summed E-state index contributed by atoms with van der Waals surface area (Å²) in [6.07, 6.45) is 4.36. The molecule has 1 N–H and O–H groups in total. The Hall–Kier alpha value is -3.53. The average Bonchev–Trinajstić information content (AvgIpc) is 3.24. The monoisotopic (exact) mass is 441 g/mol. The van der Waals surface area contributed by atoms with Gasteiger partial charge in [0.15, 0.2) is 0 Å². The number of nitrogens with one attached hydrogen (secondary N) is 1. The van der Waals surface area contributed by atoms with Crippen molar-refractivity contribution in [2.75, 3.05) is 6.61 Å². The zero-order chi connectivity index (χ0) is 23.5. The molecule has 0 aliphatic rings. The second-order valence-electron chi connectivity index (χ2n) is 8.54. The van der Waals surface area contributed by atoms with E-state index in [0.717, 1.165) is 51.0 Å². The maximum Gasteiger partial charge on any atom is 0.244 e. The van der Waals surface area contributed by atoms with Crippen molar-refractivity contribution in [2.45, 2.75) is 47.1 Å². The molecule has 0 radical (unpaired) electrons. The molecule has 0 aliphatic heterocycles. The van der Waals surface area contributed by atoms with Crippen molar-refractivity contribution in [3.63, 3.8) is 0 Å². The number of allylic oxidation sites excluding steroid dienone is 1. The van der Waals surface area contributed by atoms with Gasteiger partial charge in [-0.05, 0) is 68.2 Å². The zero-order valence-corrected chi connectivity index (χ0v) is 20.0. The molecule has 1 atom stereocenters. The van der Waals surface area contributed by atoms with Gasteiger partial charge in [0.05, 0.1) is 12.9 Å². The SMILES string of the molecule is CCOc1c(/C(C)=C/C(=O)NC(C)CC)cc2c(-c3ccc4ccccc4c3)coc2c1C. The molecule has 1 heterocycles. The van der Waals surface area contributed by atoms with E-state index in [1.165, 1.54) is 10.8 Å². The van der Waals surface area contributed by atoms with E-state index < -0.39 is 0 Å². The van der Waals surface area contributed by atoms with Crippen molar-refractivity contribution in [3.05, 3.63) is 72.0 Å². The fraction of sp³-hybridized carbons (Fsp3) is 0.276. The van der Waals surface area contributed by atoms with Crippen molar-refractivity contribution in [1.82, 2.24) is 5.32 Å². The summed E-state index contributed by atoms with van der Waals surface area (Å²) in [5, 5.41) is 6.41. The third-order valence-corrected chi connectivity index (χ3v) is 6.17. The van der Waals surface area contributed by atoms with E-state index in [1.54, 1.807) is 6.08 Å². The first kappa shape index (κ1) is 22.7. The van der Waals surface area contributed by atoms with E-state index in [1.807, 2.05) is 40.0 Å². The summed E-state index contributed by atoms with van der Waals surface area (Å²) in [4.78, 5) is 12.5. The Morgan fingerprint density at radius 2 is 1.88 bits per heavy atom. The molecule has 1 amide bonds. The van der Waals surface area contributed by atoms with Gasteiger partial charge in [0.2, 0.25) is 5.91 Å². The number of aryl methyl sites for hydroxylation is 1. The number of ether oxygens (including phenoxy) is 1. The van der Waals surface area contributed by atoms with E-state index in [2.05, 4.69) is 54.7 Å². The smallest absolute Gasteiger partial charge is 0.244 e. The lowest BCUT2D eigenvalue weighted by molar-refractivity contribution is -0.117. The van der Waals surface area contributed by atoms with Gasteiger partial charge in [-0.15, -0.1) is 0 Å². The quantitative estimate of drug-likeness (QED) is 0.307. The molecule has 3 aromatic carbocycles. The number of rotatable bonds is 7. The molecule has 1 unspecified atom stereocenters. The minimum Gasteiger partial charge on any atom is -0.493 e. The van der Waals surface area contributed by atoms with E-state index >= 15 is 0 Å². The summed E-state index contributed by atoms with van der Waals surface area (Å²) in [6.45, 7) is 10.5. The molecule has 0 saturated heterocycles. The Kier molecular flexibility index (Phi) is 6.55. The van der Waals surface area contributed by atoms with Crippen molar-refractivity contribution in [2.24, 2.45) is 0 Å². The van der Waals surface area contributed by atoms with Gasteiger partial charge in [-0.2, -0.15) is 0 Å². The number of carbonyl (C=O) groups is 1. The van der Waals surface area contributed by atoms with Crippen LogP contribution in [-0.2, 0) is 4.79 Å². The highest BCUT2D eigenvalue weighted by Crippen LogP contribution is 2.41. The maximum atomic E-state index is 12.5. The van der Waals surface area contributed by atoms with Crippen molar-refractivity contribution < 1.29 is 13.9 Å². The van der Waals surface area contributed by atoms with E-state index in [0.29, 0.717) is 6.61 Å². The van der Waals surface area contributed by atoms with Crippen LogP contribution in [0.15, 0.2) is 65.3 Å². The minimum absolute atomic E-state index is 0.0935. The Bertz CT molecular complexity index is 1350. The number of carbonyl (C=O) groups excluding carboxylic acids is 1. The first-order valence-corrected chi connectivity index (χ1v) is 11.6. The second-order valence-corrected chi connectivity index (χ2v) is 8.54. The molecule has 170 valence electrons. The van der Waals surface area contributed by atoms with Crippen molar-refractivity contribution >= 4 is 33.2 Å². The summed E-state index contributed by atoms with van der Waals surface area (Å²) >= 11 is 0. The number of hydrogen-bond donors (Lipinski definition) is 1. The number of benzene rings is 3. The van der Waals surface area contributed by atoms with Crippen LogP contribution in [0.25, 0.3) is 38.4 Å². The molecule has 4 aromatic rings. The second kappa shape index (κ2) is 9.53. The lowest BCUT2D eigenvalue weighted by Gasteiger charge is -2.15. The molecule has 33 heavy (non-hydrogen) atoms. The van der Waals surface area contributed by atoms with E-state index in [9.17, 15) is 4.79 Å². The minimum atomic E-state index is -0.0935. The summed E-state index contributed by atoms with van der Waals surface area (Å²) < 4.78 is 12.1. The highest BCUT2D eigenvalue weighted by atomic mass is 16.5. The number of amides is 1. The van der Waals surface area contributed by atoms with Gasteiger partial charge in [0.1, 0.15) is 11.3 Å². The fourth-order valence-corrected chi connectivity index (χ4v) is 4.18. The van der Waals surface area contributed by atoms with Crippen LogP contribution in [0.5, 0.6) is 5.75 Å². The molecule has 4 rings (SSSR count). The molecular weight excluding hydrogens is 410 g/mol. The Labute approximate surface area is 195 Å². The molecule has 4 nitrogen and oxygen atoms in total. The Balaban J connectivity index is 1.85. The third-order valence-electron chi connectivity index (χ3n) is 6.17. The van der Waals surface area contributed by atoms with Gasteiger partial charge >= 0.3 is 0 Å². The third kappa shape index (κ3) is 4.51. The molecule has 0 saturated carbocycles. The highest BCUT2D eigenvalue weighted by molar-refractivity contribution is 6.02. The predicted octanol–water partition coefficient (Wildman–Crippen LogP) is 7.28.